The fraction of sp³-hybridized carbons (Fsp3) is 0.250. The number of hydrogen-bond donors (Lipinski definition) is 1. The molecule has 1 aromatic heterocycles. The first-order valence-electron chi connectivity index (χ1n) is 3.55. The summed E-state index contributed by atoms with van der Waals surface area (Å²) < 4.78 is 14.0. The first-order chi connectivity index (χ1) is 5.68. The Hall–Kier alpha value is -0.970. The monoisotopic (exact) mass is 249 g/mol. The smallest absolute Gasteiger partial charge is 0.309 e. The normalized spacial score (nSPS) is 9.00. The number of halogens is 2. The molecule has 0 saturated heterocycles. The van der Waals surface area contributed by atoms with E-state index in [4.69, 9.17) is 5.11 Å². The second kappa shape index (κ2) is 5.64. The molecular formula is C8H9BrFNO2. The molecule has 0 saturated carbocycles. The van der Waals surface area contributed by atoms with Crippen LogP contribution in [0.5, 0.6) is 0 Å². The molecule has 0 amide bonds. The second-order valence-corrected chi connectivity index (χ2v) is 2.40. The van der Waals surface area contributed by atoms with E-state index in [-0.39, 0.29) is 29.2 Å². The van der Waals surface area contributed by atoms with Gasteiger partial charge in [-0.3, -0.25) is 4.79 Å². The Labute approximate surface area is 85.6 Å². The van der Waals surface area contributed by atoms with Crippen molar-refractivity contribution in [3.05, 3.63) is 30.3 Å². The number of rotatable bonds is 3. The van der Waals surface area contributed by atoms with Crippen LogP contribution in [-0.4, -0.2) is 11.1 Å². The largest absolute Gasteiger partial charge is 1.00 e. The predicted molar refractivity (Wildman–Crippen MR) is 38.8 cm³/mol. The van der Waals surface area contributed by atoms with Gasteiger partial charge >= 0.3 is 5.97 Å². The van der Waals surface area contributed by atoms with Gasteiger partial charge in [0, 0.05) is 12.1 Å². The van der Waals surface area contributed by atoms with Crippen LogP contribution in [0.4, 0.5) is 4.39 Å². The van der Waals surface area contributed by atoms with Crippen molar-refractivity contribution in [1.82, 2.24) is 0 Å². The third kappa shape index (κ3) is 4.57. The molecule has 1 heterocycles. The van der Waals surface area contributed by atoms with Crippen molar-refractivity contribution in [3.63, 3.8) is 0 Å². The van der Waals surface area contributed by atoms with Crippen LogP contribution >= 0.6 is 0 Å². The number of carboxylic acid groups (broad SMARTS) is 1. The van der Waals surface area contributed by atoms with E-state index in [2.05, 4.69) is 0 Å². The summed E-state index contributed by atoms with van der Waals surface area (Å²) in [5, 5.41) is 8.34. The van der Waals surface area contributed by atoms with Crippen molar-refractivity contribution >= 4 is 5.97 Å². The molecule has 0 aromatic carbocycles. The van der Waals surface area contributed by atoms with E-state index < -0.39 is 5.97 Å². The molecule has 0 radical (unpaired) electrons. The highest BCUT2D eigenvalue weighted by atomic mass is 79.9. The molecule has 0 fully saturated rings. The molecule has 13 heavy (non-hydrogen) atoms. The first-order valence-corrected chi connectivity index (χ1v) is 3.55. The summed E-state index contributed by atoms with van der Waals surface area (Å²) in [4.78, 5) is 10.2. The van der Waals surface area contributed by atoms with E-state index in [0.29, 0.717) is 6.54 Å². The van der Waals surface area contributed by atoms with Gasteiger partial charge in [-0.15, -0.1) is 0 Å². The van der Waals surface area contributed by atoms with Crippen LogP contribution in [0.25, 0.3) is 0 Å². The van der Waals surface area contributed by atoms with Gasteiger partial charge in [-0.25, -0.2) is 8.96 Å². The lowest BCUT2D eigenvalue weighted by Gasteiger charge is -1.92. The molecule has 72 valence electrons. The SMILES string of the molecule is O=C(O)CC[n+]1ccc(F)cc1.[Br-]. The van der Waals surface area contributed by atoms with Crippen molar-refractivity contribution < 1.29 is 35.8 Å². The highest BCUT2D eigenvalue weighted by molar-refractivity contribution is 5.66. The molecule has 0 bridgehead atoms. The van der Waals surface area contributed by atoms with Crippen LogP contribution in [0.2, 0.25) is 0 Å². The standard InChI is InChI=1S/C8H8FNO2.BrH/c9-7-1-4-10(5-2-7)6-3-8(11)12;/h1-2,4-5H,3,6H2;1H. The van der Waals surface area contributed by atoms with E-state index in [1.54, 1.807) is 4.57 Å². The van der Waals surface area contributed by atoms with Gasteiger partial charge in [0.15, 0.2) is 18.9 Å². The van der Waals surface area contributed by atoms with Crippen LogP contribution in [0.3, 0.4) is 0 Å². The number of pyridine rings is 1. The van der Waals surface area contributed by atoms with Crippen molar-refractivity contribution in [2.45, 2.75) is 13.0 Å². The molecule has 0 aliphatic heterocycles. The van der Waals surface area contributed by atoms with Crippen molar-refractivity contribution in [3.8, 4) is 0 Å². The van der Waals surface area contributed by atoms with Gasteiger partial charge in [-0.05, 0) is 0 Å². The zero-order valence-electron chi connectivity index (χ0n) is 6.78. The number of nitrogens with zero attached hydrogens (tertiary/aromatic N) is 1. The van der Waals surface area contributed by atoms with E-state index in [9.17, 15) is 9.18 Å². The number of carbonyl (C=O) groups is 1. The van der Waals surface area contributed by atoms with Gasteiger partial charge in [0.25, 0.3) is 0 Å². The molecule has 1 aromatic rings. The minimum absolute atomic E-state index is 0. The van der Waals surface area contributed by atoms with Gasteiger partial charge in [0.05, 0.1) is 0 Å². The summed E-state index contributed by atoms with van der Waals surface area (Å²) in [5.74, 6) is -1.17. The number of aliphatic carboxylic acids is 1. The number of carboxylic acids is 1. The summed E-state index contributed by atoms with van der Waals surface area (Å²) in [6.07, 6.45) is 3.08. The van der Waals surface area contributed by atoms with Crippen molar-refractivity contribution in [2.24, 2.45) is 0 Å². The molecular weight excluding hydrogens is 241 g/mol. The molecule has 3 nitrogen and oxygen atoms in total. The molecule has 0 unspecified atom stereocenters. The fourth-order valence-electron chi connectivity index (χ4n) is 0.813. The van der Waals surface area contributed by atoms with E-state index in [0.717, 1.165) is 0 Å². The quantitative estimate of drug-likeness (QED) is 0.607. The van der Waals surface area contributed by atoms with E-state index >= 15 is 0 Å². The van der Waals surface area contributed by atoms with Crippen LogP contribution in [0.1, 0.15) is 6.42 Å². The Morgan fingerprint density at radius 2 is 2.00 bits per heavy atom. The Morgan fingerprint density at radius 1 is 1.46 bits per heavy atom. The number of aryl methyl sites for hydroxylation is 1. The van der Waals surface area contributed by atoms with Gasteiger partial charge < -0.3 is 22.1 Å². The predicted octanol–water partition coefficient (Wildman–Crippen LogP) is -2.41. The highest BCUT2D eigenvalue weighted by Gasteiger charge is 2.03. The zero-order valence-corrected chi connectivity index (χ0v) is 8.37. The number of hydrogen-bond acceptors (Lipinski definition) is 1. The van der Waals surface area contributed by atoms with Crippen molar-refractivity contribution in [1.29, 1.82) is 0 Å². The van der Waals surface area contributed by atoms with Crippen LogP contribution in [-0.2, 0) is 11.3 Å². The highest BCUT2D eigenvalue weighted by Crippen LogP contribution is 1.90. The molecule has 5 heteroatoms. The molecule has 0 spiro atoms. The minimum atomic E-state index is -0.855. The topological polar surface area (TPSA) is 41.2 Å². The molecule has 1 rings (SSSR count). The minimum Gasteiger partial charge on any atom is -1.00 e. The van der Waals surface area contributed by atoms with Crippen molar-refractivity contribution in [2.75, 3.05) is 0 Å². The maximum absolute atomic E-state index is 12.4. The molecule has 1 N–H and O–H groups in total. The summed E-state index contributed by atoms with van der Waals surface area (Å²) in [5.41, 5.74) is 0. The fourth-order valence-corrected chi connectivity index (χ4v) is 0.813. The Balaban J connectivity index is 0.00000144. The average molecular weight is 250 g/mol. The third-order valence-corrected chi connectivity index (χ3v) is 1.43. The summed E-state index contributed by atoms with van der Waals surface area (Å²) in [6, 6.07) is 2.59. The lowest BCUT2D eigenvalue weighted by Crippen LogP contribution is -3.00. The maximum atomic E-state index is 12.4. The van der Waals surface area contributed by atoms with E-state index in [1.807, 2.05) is 0 Å². The lowest BCUT2D eigenvalue weighted by atomic mass is 10.4. The van der Waals surface area contributed by atoms with Gasteiger partial charge in [0.1, 0.15) is 12.2 Å². The second-order valence-electron chi connectivity index (χ2n) is 2.40. The lowest BCUT2D eigenvalue weighted by molar-refractivity contribution is -0.696. The maximum Gasteiger partial charge on any atom is 0.309 e. The summed E-state index contributed by atoms with van der Waals surface area (Å²) in [6.45, 7) is 0.371. The third-order valence-electron chi connectivity index (χ3n) is 1.43. The molecule has 0 aliphatic carbocycles. The molecule has 0 atom stereocenters. The van der Waals surface area contributed by atoms with Gasteiger partial charge in [-0.2, -0.15) is 0 Å². The number of aromatic nitrogens is 1. The Bertz CT molecular complexity index is 276. The Morgan fingerprint density at radius 3 is 2.46 bits per heavy atom. The zero-order chi connectivity index (χ0) is 8.97. The van der Waals surface area contributed by atoms with Crippen LogP contribution in [0, 0.1) is 5.82 Å². The van der Waals surface area contributed by atoms with Gasteiger partial charge in [-0.1, -0.05) is 0 Å². The average Bonchev–Trinajstić information content (AvgIpc) is 2.03. The summed E-state index contributed by atoms with van der Waals surface area (Å²) in [7, 11) is 0. The van der Waals surface area contributed by atoms with Gasteiger partial charge in [0.2, 0.25) is 0 Å². The van der Waals surface area contributed by atoms with Crippen LogP contribution in [0.15, 0.2) is 24.5 Å². The summed E-state index contributed by atoms with van der Waals surface area (Å²) >= 11 is 0. The molecule has 0 aliphatic rings. The van der Waals surface area contributed by atoms with Crippen LogP contribution < -0.4 is 21.5 Å². The Kier molecular flexibility index (Phi) is 5.22. The van der Waals surface area contributed by atoms with E-state index in [1.165, 1.54) is 24.5 Å². The first kappa shape index (κ1) is 12.0.